The van der Waals surface area contributed by atoms with Gasteiger partial charge in [0.25, 0.3) is 0 Å². The average molecular weight is 339 g/mol. The largest absolute Gasteiger partial charge is 0.493 e. The second-order valence-corrected chi connectivity index (χ2v) is 6.13. The molecule has 5 heteroatoms. The van der Waals surface area contributed by atoms with Gasteiger partial charge in [0.1, 0.15) is 0 Å². The van der Waals surface area contributed by atoms with Crippen LogP contribution in [-0.4, -0.2) is 20.2 Å². The maximum atomic E-state index is 6.12. The molecule has 0 atom stereocenters. The average Bonchev–Trinajstić information content (AvgIpc) is 2.66. The number of aryl methyl sites for hydroxylation is 1. The maximum Gasteiger partial charge on any atom is 0.193 e. The van der Waals surface area contributed by atoms with Crippen molar-refractivity contribution in [3.05, 3.63) is 53.1 Å². The van der Waals surface area contributed by atoms with Crippen LogP contribution >= 0.6 is 0 Å². The summed E-state index contributed by atoms with van der Waals surface area (Å²) in [6, 6.07) is 12.1. The Labute approximate surface area is 148 Å². The lowest BCUT2D eigenvalue weighted by Crippen LogP contribution is -2.24. The lowest BCUT2D eigenvalue weighted by Gasteiger charge is -2.19. The van der Waals surface area contributed by atoms with Crippen molar-refractivity contribution in [1.29, 1.82) is 0 Å². The molecule has 2 aromatic rings. The number of fused-ring (bicyclic) bond motifs is 1. The molecule has 0 saturated carbocycles. The van der Waals surface area contributed by atoms with Crippen LogP contribution in [0.5, 0.6) is 11.5 Å². The molecule has 3 rings (SSSR count). The zero-order valence-electron chi connectivity index (χ0n) is 14.8. The SMILES string of the molecule is COc1cccc(CN=C(N)Nc2cccc3c2CCCC3)c1OC. The van der Waals surface area contributed by atoms with Crippen LogP contribution in [0.15, 0.2) is 41.4 Å². The highest BCUT2D eigenvalue weighted by Crippen LogP contribution is 2.31. The zero-order valence-corrected chi connectivity index (χ0v) is 14.8. The molecule has 2 aromatic carbocycles. The maximum absolute atomic E-state index is 6.12. The fourth-order valence-electron chi connectivity index (χ4n) is 3.32. The molecule has 0 bridgehead atoms. The molecule has 1 aliphatic rings. The highest BCUT2D eigenvalue weighted by molar-refractivity contribution is 5.93. The third kappa shape index (κ3) is 3.87. The molecular weight excluding hydrogens is 314 g/mol. The number of methoxy groups -OCH3 is 2. The standard InChI is InChI=1S/C20H25N3O2/c1-24-18-12-6-9-15(19(18)25-2)13-22-20(21)23-17-11-5-8-14-7-3-4-10-16(14)17/h5-6,8-9,11-12H,3-4,7,10,13H2,1-2H3,(H3,21,22,23). The second-order valence-electron chi connectivity index (χ2n) is 6.13. The Morgan fingerprint density at radius 3 is 2.68 bits per heavy atom. The highest BCUT2D eigenvalue weighted by atomic mass is 16.5. The third-order valence-electron chi connectivity index (χ3n) is 4.56. The zero-order chi connectivity index (χ0) is 17.6. The van der Waals surface area contributed by atoms with Crippen LogP contribution in [0.4, 0.5) is 5.69 Å². The quantitative estimate of drug-likeness (QED) is 0.646. The van der Waals surface area contributed by atoms with Gasteiger partial charge in [-0.25, -0.2) is 4.99 Å². The van der Waals surface area contributed by atoms with E-state index in [1.54, 1.807) is 14.2 Å². The van der Waals surface area contributed by atoms with Gasteiger partial charge >= 0.3 is 0 Å². The fourth-order valence-corrected chi connectivity index (χ4v) is 3.32. The molecule has 132 valence electrons. The van der Waals surface area contributed by atoms with E-state index in [1.807, 2.05) is 18.2 Å². The number of rotatable bonds is 5. The molecule has 25 heavy (non-hydrogen) atoms. The molecule has 0 aromatic heterocycles. The molecule has 0 heterocycles. The Balaban J connectivity index is 1.76. The topological polar surface area (TPSA) is 68.9 Å². The number of nitrogens with one attached hydrogen (secondary N) is 1. The summed E-state index contributed by atoms with van der Waals surface area (Å²) in [6.45, 7) is 0.425. The Morgan fingerprint density at radius 2 is 1.88 bits per heavy atom. The van der Waals surface area contributed by atoms with Gasteiger partial charge in [-0.15, -0.1) is 0 Å². The van der Waals surface area contributed by atoms with E-state index >= 15 is 0 Å². The van der Waals surface area contributed by atoms with Crippen LogP contribution in [-0.2, 0) is 19.4 Å². The summed E-state index contributed by atoms with van der Waals surface area (Å²) in [5.74, 6) is 1.79. The van der Waals surface area contributed by atoms with Crippen LogP contribution in [0.2, 0.25) is 0 Å². The molecule has 5 nitrogen and oxygen atoms in total. The number of nitrogens with two attached hydrogens (primary N) is 1. The Hall–Kier alpha value is -2.69. The van der Waals surface area contributed by atoms with Gasteiger partial charge in [0.15, 0.2) is 17.5 Å². The minimum atomic E-state index is 0.406. The summed E-state index contributed by atoms with van der Waals surface area (Å²) in [5, 5.41) is 3.26. The van der Waals surface area contributed by atoms with Gasteiger partial charge in [-0.3, -0.25) is 0 Å². The normalized spacial score (nSPS) is 13.9. The van der Waals surface area contributed by atoms with E-state index in [2.05, 4.69) is 28.5 Å². The minimum absolute atomic E-state index is 0.406. The first-order valence-corrected chi connectivity index (χ1v) is 8.60. The van der Waals surface area contributed by atoms with Gasteiger partial charge in [-0.2, -0.15) is 0 Å². The van der Waals surface area contributed by atoms with Crippen molar-refractivity contribution in [1.82, 2.24) is 0 Å². The van der Waals surface area contributed by atoms with Crippen molar-refractivity contribution in [2.24, 2.45) is 10.7 Å². The Kier molecular flexibility index (Phi) is 5.43. The number of benzene rings is 2. The summed E-state index contributed by atoms with van der Waals surface area (Å²) in [7, 11) is 3.25. The molecular formula is C20H25N3O2. The fraction of sp³-hybridized carbons (Fsp3) is 0.350. The number of nitrogens with zero attached hydrogens (tertiary/aromatic N) is 1. The first-order chi connectivity index (χ1) is 12.2. The molecule has 1 aliphatic carbocycles. The van der Waals surface area contributed by atoms with Crippen LogP contribution in [0, 0.1) is 0 Å². The number of para-hydroxylation sites is 1. The van der Waals surface area contributed by atoms with Gasteiger partial charge in [0.2, 0.25) is 0 Å². The van der Waals surface area contributed by atoms with Crippen molar-refractivity contribution >= 4 is 11.6 Å². The van der Waals surface area contributed by atoms with Crippen molar-refractivity contribution in [2.45, 2.75) is 32.2 Å². The van der Waals surface area contributed by atoms with Crippen molar-refractivity contribution < 1.29 is 9.47 Å². The molecule has 0 amide bonds. The van der Waals surface area contributed by atoms with Gasteiger partial charge in [-0.1, -0.05) is 24.3 Å². The summed E-state index contributed by atoms with van der Waals surface area (Å²) >= 11 is 0. The Bertz CT molecular complexity index is 772. The number of anilines is 1. The Morgan fingerprint density at radius 1 is 1.08 bits per heavy atom. The predicted molar refractivity (Wildman–Crippen MR) is 102 cm³/mol. The molecule has 0 spiro atoms. The van der Waals surface area contributed by atoms with Gasteiger partial charge in [-0.05, 0) is 48.9 Å². The molecule has 0 radical (unpaired) electrons. The molecule has 0 aliphatic heterocycles. The molecule has 0 fully saturated rings. The smallest absolute Gasteiger partial charge is 0.193 e. The van der Waals surface area contributed by atoms with Crippen molar-refractivity contribution in [3.63, 3.8) is 0 Å². The predicted octanol–water partition coefficient (Wildman–Crippen LogP) is 3.51. The van der Waals surface area contributed by atoms with Crippen LogP contribution in [0.25, 0.3) is 0 Å². The van der Waals surface area contributed by atoms with E-state index in [0.29, 0.717) is 24.0 Å². The summed E-state index contributed by atoms with van der Waals surface area (Å²) < 4.78 is 10.8. The monoisotopic (exact) mass is 339 g/mol. The van der Waals surface area contributed by atoms with Crippen LogP contribution in [0.1, 0.15) is 29.5 Å². The first-order valence-electron chi connectivity index (χ1n) is 8.60. The van der Waals surface area contributed by atoms with E-state index in [1.165, 1.54) is 24.0 Å². The minimum Gasteiger partial charge on any atom is -0.493 e. The van der Waals surface area contributed by atoms with Gasteiger partial charge in [0.05, 0.1) is 20.8 Å². The first kappa shape index (κ1) is 17.1. The van der Waals surface area contributed by atoms with Gasteiger partial charge in [0, 0.05) is 11.3 Å². The van der Waals surface area contributed by atoms with E-state index in [4.69, 9.17) is 15.2 Å². The van der Waals surface area contributed by atoms with Gasteiger partial charge < -0.3 is 20.5 Å². The second kappa shape index (κ2) is 7.92. The number of aliphatic imine (C=N–C) groups is 1. The van der Waals surface area contributed by atoms with E-state index in [0.717, 1.165) is 24.1 Å². The highest BCUT2D eigenvalue weighted by Gasteiger charge is 2.13. The number of guanidine groups is 1. The molecule has 0 saturated heterocycles. The lowest BCUT2D eigenvalue weighted by atomic mass is 9.90. The van der Waals surface area contributed by atoms with Crippen molar-refractivity contribution in [3.8, 4) is 11.5 Å². The van der Waals surface area contributed by atoms with Crippen LogP contribution in [0.3, 0.4) is 0 Å². The third-order valence-corrected chi connectivity index (χ3v) is 4.56. The summed E-state index contributed by atoms with van der Waals surface area (Å²) in [6.07, 6.45) is 4.72. The van der Waals surface area contributed by atoms with Crippen molar-refractivity contribution in [2.75, 3.05) is 19.5 Å². The summed E-state index contributed by atoms with van der Waals surface area (Å²) in [4.78, 5) is 4.47. The van der Waals surface area contributed by atoms with E-state index < -0.39 is 0 Å². The number of hydrogen-bond donors (Lipinski definition) is 2. The molecule has 3 N–H and O–H groups in total. The summed E-state index contributed by atoms with van der Waals surface area (Å²) in [5.41, 5.74) is 10.9. The lowest BCUT2D eigenvalue weighted by molar-refractivity contribution is 0.352. The van der Waals surface area contributed by atoms with E-state index in [-0.39, 0.29) is 0 Å². The number of hydrogen-bond acceptors (Lipinski definition) is 3. The molecule has 0 unspecified atom stereocenters. The van der Waals surface area contributed by atoms with Crippen LogP contribution < -0.4 is 20.5 Å². The number of ether oxygens (including phenoxy) is 2. The van der Waals surface area contributed by atoms with E-state index in [9.17, 15) is 0 Å².